The molecule has 3 unspecified atom stereocenters. The second-order valence-corrected chi connectivity index (χ2v) is 5.02. The highest BCUT2D eigenvalue weighted by Crippen LogP contribution is 2.35. The standard InChI is InChI=1S/C10H18ClF2N/c1-7-2-3-9(14)6-8(7)4-5-10(11,12)13/h7-9H,2-6,14H2,1H3. The third kappa shape index (κ3) is 4.09. The average molecular weight is 226 g/mol. The lowest BCUT2D eigenvalue weighted by molar-refractivity contribution is 0.0684. The largest absolute Gasteiger partial charge is 0.328 e. The Morgan fingerprint density at radius 3 is 2.64 bits per heavy atom. The van der Waals surface area contributed by atoms with Gasteiger partial charge in [-0.15, -0.1) is 0 Å². The Bertz CT molecular complexity index is 181. The van der Waals surface area contributed by atoms with Crippen molar-refractivity contribution in [2.75, 3.05) is 0 Å². The van der Waals surface area contributed by atoms with Crippen LogP contribution in [0.25, 0.3) is 0 Å². The lowest BCUT2D eigenvalue weighted by Gasteiger charge is -2.32. The van der Waals surface area contributed by atoms with Crippen molar-refractivity contribution in [1.29, 1.82) is 0 Å². The zero-order valence-electron chi connectivity index (χ0n) is 8.48. The normalized spacial score (nSPS) is 34.5. The highest BCUT2D eigenvalue weighted by Gasteiger charge is 2.30. The van der Waals surface area contributed by atoms with Crippen molar-refractivity contribution >= 4 is 11.6 Å². The smallest absolute Gasteiger partial charge is 0.321 e. The zero-order chi connectivity index (χ0) is 10.8. The van der Waals surface area contributed by atoms with Gasteiger partial charge in [-0.25, -0.2) is 0 Å². The van der Waals surface area contributed by atoms with Crippen LogP contribution in [0.2, 0.25) is 0 Å². The first-order valence-electron chi connectivity index (χ1n) is 5.21. The summed E-state index contributed by atoms with van der Waals surface area (Å²) in [6.07, 6.45) is 3.21. The van der Waals surface area contributed by atoms with Crippen LogP contribution in [-0.2, 0) is 0 Å². The molecule has 1 aliphatic rings. The molecule has 0 saturated heterocycles. The summed E-state index contributed by atoms with van der Waals surface area (Å²) in [6.45, 7) is 2.11. The molecule has 0 radical (unpaired) electrons. The van der Waals surface area contributed by atoms with Gasteiger partial charge in [0.25, 0.3) is 0 Å². The van der Waals surface area contributed by atoms with Gasteiger partial charge in [-0.2, -0.15) is 8.78 Å². The molecule has 0 aromatic rings. The summed E-state index contributed by atoms with van der Waals surface area (Å²) in [5.41, 5.74) is 5.81. The van der Waals surface area contributed by atoms with Crippen LogP contribution < -0.4 is 5.73 Å². The minimum Gasteiger partial charge on any atom is -0.328 e. The maximum atomic E-state index is 12.4. The molecule has 0 aromatic heterocycles. The molecule has 4 heteroatoms. The Morgan fingerprint density at radius 2 is 2.07 bits per heavy atom. The molecule has 0 heterocycles. The summed E-state index contributed by atoms with van der Waals surface area (Å²) in [5, 5.41) is -3.04. The SMILES string of the molecule is CC1CCC(N)CC1CCC(F)(F)Cl. The average Bonchev–Trinajstić information content (AvgIpc) is 2.05. The first kappa shape index (κ1) is 12.2. The molecule has 0 amide bonds. The predicted molar refractivity (Wildman–Crippen MR) is 54.5 cm³/mol. The third-order valence-corrected chi connectivity index (χ3v) is 3.39. The van der Waals surface area contributed by atoms with E-state index in [2.05, 4.69) is 6.92 Å². The molecule has 1 aliphatic carbocycles. The molecular formula is C10H18ClF2N. The van der Waals surface area contributed by atoms with E-state index in [1.807, 2.05) is 0 Å². The Labute approximate surface area is 89.0 Å². The molecule has 14 heavy (non-hydrogen) atoms. The minimum absolute atomic E-state index is 0.195. The quantitative estimate of drug-likeness (QED) is 0.733. The number of rotatable bonds is 3. The van der Waals surface area contributed by atoms with Crippen molar-refractivity contribution in [2.45, 2.75) is 50.5 Å². The summed E-state index contributed by atoms with van der Waals surface area (Å²) < 4.78 is 24.9. The third-order valence-electron chi connectivity index (χ3n) is 3.20. The van der Waals surface area contributed by atoms with Crippen molar-refractivity contribution in [3.8, 4) is 0 Å². The Kier molecular flexibility index (Phi) is 4.14. The fourth-order valence-corrected chi connectivity index (χ4v) is 2.31. The topological polar surface area (TPSA) is 26.0 Å². The van der Waals surface area contributed by atoms with Gasteiger partial charge in [0.05, 0.1) is 0 Å². The van der Waals surface area contributed by atoms with Gasteiger partial charge >= 0.3 is 5.38 Å². The monoisotopic (exact) mass is 225 g/mol. The van der Waals surface area contributed by atoms with E-state index < -0.39 is 5.38 Å². The van der Waals surface area contributed by atoms with Crippen LogP contribution >= 0.6 is 11.6 Å². The molecule has 84 valence electrons. The van der Waals surface area contributed by atoms with E-state index in [0.29, 0.717) is 18.3 Å². The number of hydrogen-bond acceptors (Lipinski definition) is 1. The van der Waals surface area contributed by atoms with Crippen LogP contribution in [0.3, 0.4) is 0 Å². The summed E-state index contributed by atoms with van der Waals surface area (Å²) in [5.74, 6) is 0.831. The van der Waals surface area contributed by atoms with Crippen molar-refractivity contribution in [3.63, 3.8) is 0 Å². The molecule has 0 aromatic carbocycles. The molecule has 0 bridgehead atoms. The Balaban J connectivity index is 2.35. The van der Waals surface area contributed by atoms with Crippen LogP contribution in [0.15, 0.2) is 0 Å². The van der Waals surface area contributed by atoms with E-state index in [4.69, 9.17) is 17.3 Å². The van der Waals surface area contributed by atoms with E-state index in [1.54, 1.807) is 0 Å². The zero-order valence-corrected chi connectivity index (χ0v) is 9.23. The van der Waals surface area contributed by atoms with Crippen molar-refractivity contribution in [3.05, 3.63) is 0 Å². The van der Waals surface area contributed by atoms with Crippen LogP contribution in [0.1, 0.15) is 39.0 Å². The van der Waals surface area contributed by atoms with Gasteiger partial charge in [0.2, 0.25) is 0 Å². The minimum atomic E-state index is -3.04. The van der Waals surface area contributed by atoms with Gasteiger partial charge in [0, 0.05) is 12.5 Å². The number of nitrogens with two attached hydrogens (primary N) is 1. The fraction of sp³-hybridized carbons (Fsp3) is 1.00. The van der Waals surface area contributed by atoms with Crippen LogP contribution in [0, 0.1) is 11.8 Å². The highest BCUT2D eigenvalue weighted by molar-refractivity contribution is 6.21. The Morgan fingerprint density at radius 1 is 1.43 bits per heavy atom. The van der Waals surface area contributed by atoms with E-state index in [0.717, 1.165) is 19.3 Å². The second kappa shape index (κ2) is 4.75. The lowest BCUT2D eigenvalue weighted by atomic mass is 9.76. The van der Waals surface area contributed by atoms with Gasteiger partial charge in [0.1, 0.15) is 0 Å². The van der Waals surface area contributed by atoms with Crippen LogP contribution in [0.4, 0.5) is 8.78 Å². The molecule has 0 spiro atoms. The molecule has 2 N–H and O–H groups in total. The molecule has 1 rings (SSSR count). The molecule has 3 atom stereocenters. The Hall–Kier alpha value is 0.110. The van der Waals surface area contributed by atoms with Crippen LogP contribution in [-0.4, -0.2) is 11.4 Å². The maximum Gasteiger partial charge on any atom is 0.321 e. The van der Waals surface area contributed by atoms with E-state index in [-0.39, 0.29) is 12.5 Å². The highest BCUT2D eigenvalue weighted by atomic mass is 35.5. The van der Waals surface area contributed by atoms with Crippen LogP contribution in [0.5, 0.6) is 0 Å². The van der Waals surface area contributed by atoms with E-state index >= 15 is 0 Å². The lowest BCUT2D eigenvalue weighted by Crippen LogP contribution is -2.32. The van der Waals surface area contributed by atoms with Gasteiger partial charge in [0.15, 0.2) is 0 Å². The molecule has 0 aliphatic heterocycles. The fourth-order valence-electron chi connectivity index (χ4n) is 2.20. The number of hydrogen-bond donors (Lipinski definition) is 1. The van der Waals surface area contributed by atoms with Gasteiger partial charge in [-0.05, 0) is 49.1 Å². The predicted octanol–water partition coefficient (Wildman–Crippen LogP) is 3.36. The van der Waals surface area contributed by atoms with Crippen molar-refractivity contribution < 1.29 is 8.78 Å². The number of alkyl halides is 3. The number of halogens is 3. The molecule has 1 fully saturated rings. The van der Waals surface area contributed by atoms with Crippen molar-refractivity contribution in [1.82, 2.24) is 0 Å². The summed E-state index contributed by atoms with van der Waals surface area (Å²) in [4.78, 5) is 0. The van der Waals surface area contributed by atoms with Crippen molar-refractivity contribution in [2.24, 2.45) is 17.6 Å². The van der Waals surface area contributed by atoms with Gasteiger partial charge in [-0.3, -0.25) is 0 Å². The summed E-state index contributed by atoms with van der Waals surface area (Å²) >= 11 is 4.87. The summed E-state index contributed by atoms with van der Waals surface area (Å²) in [6, 6.07) is 0.195. The molecule has 1 saturated carbocycles. The van der Waals surface area contributed by atoms with E-state index in [9.17, 15) is 8.78 Å². The summed E-state index contributed by atoms with van der Waals surface area (Å²) in [7, 11) is 0. The first-order valence-corrected chi connectivity index (χ1v) is 5.58. The first-order chi connectivity index (χ1) is 6.38. The van der Waals surface area contributed by atoms with Gasteiger partial charge < -0.3 is 5.73 Å². The maximum absolute atomic E-state index is 12.4. The second-order valence-electron chi connectivity index (χ2n) is 4.46. The molecule has 1 nitrogen and oxygen atoms in total. The molecular weight excluding hydrogens is 208 g/mol. The van der Waals surface area contributed by atoms with E-state index in [1.165, 1.54) is 0 Å². The van der Waals surface area contributed by atoms with Gasteiger partial charge in [-0.1, -0.05) is 6.92 Å².